The van der Waals surface area contributed by atoms with E-state index >= 15 is 0 Å². The molecule has 35 heavy (non-hydrogen) atoms. The van der Waals surface area contributed by atoms with Crippen LogP contribution in [0.4, 0.5) is 5.69 Å². The second-order valence-electron chi connectivity index (χ2n) is 9.85. The van der Waals surface area contributed by atoms with Gasteiger partial charge in [0.1, 0.15) is 11.3 Å². The molecule has 1 aliphatic heterocycles. The van der Waals surface area contributed by atoms with Crippen molar-refractivity contribution in [3.8, 4) is 22.5 Å². The number of carbonyl (C=O) groups excluding carboxylic acids is 1. The molecule has 0 fully saturated rings. The van der Waals surface area contributed by atoms with Crippen LogP contribution in [0.3, 0.4) is 0 Å². The zero-order valence-electron chi connectivity index (χ0n) is 21.0. The van der Waals surface area contributed by atoms with Crippen LogP contribution in [0, 0.1) is 5.41 Å². The predicted octanol–water partition coefficient (Wildman–Crippen LogP) is 6.12. The smallest absolute Gasteiger partial charge is 0.336 e. The van der Waals surface area contributed by atoms with E-state index in [1.165, 1.54) is 6.07 Å². The van der Waals surface area contributed by atoms with Gasteiger partial charge in [0.05, 0.1) is 10.9 Å². The number of fused-ring (bicyclic) bond motifs is 2. The van der Waals surface area contributed by atoms with Gasteiger partial charge in [0.2, 0.25) is 0 Å². The number of benzene rings is 3. The fourth-order valence-electron chi connectivity index (χ4n) is 4.23. The normalized spacial score (nSPS) is 12.3. The Hall–Kier alpha value is -3.93. The van der Waals surface area contributed by atoms with E-state index < -0.39 is 11.4 Å². The molecular formula is C29H30N2O4. The molecule has 2 aromatic rings. The fourth-order valence-corrected chi connectivity index (χ4v) is 4.23. The topological polar surface area (TPSA) is 83.1 Å². The number of hydrogen-bond donors (Lipinski definition) is 1. The van der Waals surface area contributed by atoms with E-state index in [1.54, 1.807) is 12.1 Å². The van der Waals surface area contributed by atoms with Gasteiger partial charge < -0.3 is 14.4 Å². The minimum atomic E-state index is -1.09. The third kappa shape index (κ3) is 4.56. The second-order valence-corrected chi connectivity index (χ2v) is 9.85. The zero-order chi connectivity index (χ0) is 25.5. The maximum absolute atomic E-state index is 12.9. The van der Waals surface area contributed by atoms with Gasteiger partial charge in [-0.1, -0.05) is 32.9 Å². The summed E-state index contributed by atoms with van der Waals surface area (Å²) in [5.41, 5.74) is 3.50. The highest BCUT2D eigenvalue weighted by Gasteiger charge is 2.26. The predicted molar refractivity (Wildman–Crippen MR) is 139 cm³/mol. The maximum atomic E-state index is 12.9. The van der Waals surface area contributed by atoms with Crippen LogP contribution in [0.15, 0.2) is 64.0 Å². The average Bonchev–Trinajstić information content (AvgIpc) is 2.80. The van der Waals surface area contributed by atoms with E-state index in [-0.39, 0.29) is 11.3 Å². The number of ketones is 1. The highest BCUT2D eigenvalue weighted by Crippen LogP contribution is 2.42. The Morgan fingerprint density at radius 2 is 1.69 bits per heavy atom. The number of carboxylic acid groups (broad SMARTS) is 1. The monoisotopic (exact) mass is 470 g/mol. The summed E-state index contributed by atoms with van der Waals surface area (Å²) in [6.45, 7) is 8.08. The molecule has 0 saturated carbocycles. The standard InChI is InChI=1S/C29H30N2O4/c1-7-30-18-9-12-21-24(15-18)35-25-16-19(31(5)6)10-13-22(25)26(21)20-11-8-17(14-23(20)28(33)34)27(32)29(2,3)4/h8-16H,7H2,1-6H3,(H,33,34)/b30-18+. The Morgan fingerprint density at radius 1 is 0.971 bits per heavy atom. The Labute approximate surface area is 204 Å². The fraction of sp³-hybridized carbons (Fsp3) is 0.276. The molecule has 4 rings (SSSR count). The first kappa shape index (κ1) is 24.2. The number of nitrogens with zero attached hydrogens (tertiary/aromatic N) is 2. The molecule has 0 saturated heterocycles. The lowest BCUT2D eigenvalue weighted by Crippen LogP contribution is -2.20. The summed E-state index contributed by atoms with van der Waals surface area (Å²) < 4.78 is 6.30. The average molecular weight is 471 g/mol. The number of hydrogen-bond acceptors (Lipinski definition) is 5. The number of carboxylic acids is 1. The van der Waals surface area contributed by atoms with Crippen molar-refractivity contribution in [2.45, 2.75) is 27.7 Å². The van der Waals surface area contributed by atoms with Gasteiger partial charge in [-0.05, 0) is 42.8 Å². The molecule has 0 spiro atoms. The summed E-state index contributed by atoms with van der Waals surface area (Å²) in [7, 11) is 3.91. The van der Waals surface area contributed by atoms with Gasteiger partial charge in [-0.2, -0.15) is 0 Å². The van der Waals surface area contributed by atoms with Crippen LogP contribution >= 0.6 is 0 Å². The van der Waals surface area contributed by atoms with Crippen molar-refractivity contribution in [1.29, 1.82) is 0 Å². The van der Waals surface area contributed by atoms with Gasteiger partial charge in [-0.3, -0.25) is 9.79 Å². The van der Waals surface area contributed by atoms with E-state index in [4.69, 9.17) is 4.42 Å². The Morgan fingerprint density at radius 3 is 2.31 bits per heavy atom. The van der Waals surface area contributed by atoms with Crippen LogP contribution in [0.1, 0.15) is 48.4 Å². The Bertz CT molecular complexity index is 1490. The summed E-state index contributed by atoms with van der Waals surface area (Å²) in [6.07, 6.45) is 0. The lowest BCUT2D eigenvalue weighted by Gasteiger charge is -2.20. The molecule has 6 nitrogen and oxygen atoms in total. The highest BCUT2D eigenvalue weighted by molar-refractivity contribution is 6.10. The summed E-state index contributed by atoms with van der Waals surface area (Å²) in [6, 6.07) is 16.5. The van der Waals surface area contributed by atoms with Gasteiger partial charge in [-0.25, -0.2) is 4.79 Å². The molecule has 2 aliphatic rings. The van der Waals surface area contributed by atoms with Crippen LogP contribution in [-0.4, -0.2) is 37.5 Å². The van der Waals surface area contributed by atoms with Crippen molar-refractivity contribution in [3.63, 3.8) is 0 Å². The van der Waals surface area contributed by atoms with Gasteiger partial charge in [0.15, 0.2) is 5.78 Å². The summed E-state index contributed by atoms with van der Waals surface area (Å²) in [5, 5.41) is 11.7. The first-order valence-electron chi connectivity index (χ1n) is 11.6. The van der Waals surface area contributed by atoms with Gasteiger partial charge >= 0.3 is 5.97 Å². The first-order chi connectivity index (χ1) is 16.5. The second kappa shape index (κ2) is 9.02. The van der Waals surface area contributed by atoms with E-state index in [0.29, 0.717) is 29.0 Å². The Kier molecular flexibility index (Phi) is 6.24. The number of carbonyl (C=O) groups is 2. The van der Waals surface area contributed by atoms with E-state index in [9.17, 15) is 14.7 Å². The SMILES string of the molecule is CC/N=c1\ccc2c(-c3ccc(C(=O)C(C)(C)C)cc3C(=O)O)c3ccc(N(C)C)cc3oc-2c1. The molecule has 0 atom stereocenters. The first-order valence-corrected chi connectivity index (χ1v) is 11.6. The molecule has 1 heterocycles. The third-order valence-electron chi connectivity index (χ3n) is 6.01. The van der Waals surface area contributed by atoms with Gasteiger partial charge in [-0.15, -0.1) is 0 Å². The quantitative estimate of drug-likeness (QED) is 0.281. The molecule has 0 aromatic heterocycles. The minimum Gasteiger partial charge on any atom is -0.478 e. The number of Topliss-reactive ketones (excluding diaryl/α,β-unsaturated/α-hetero) is 1. The van der Waals surface area contributed by atoms with Crippen molar-refractivity contribution >= 4 is 28.4 Å². The van der Waals surface area contributed by atoms with Gasteiger partial charge in [0, 0.05) is 66.0 Å². The van der Waals surface area contributed by atoms with Crippen LogP contribution in [0.2, 0.25) is 0 Å². The van der Waals surface area contributed by atoms with Crippen molar-refractivity contribution < 1.29 is 19.1 Å². The minimum absolute atomic E-state index is 0.0768. The molecule has 2 aromatic carbocycles. The van der Waals surface area contributed by atoms with Crippen molar-refractivity contribution in [2.24, 2.45) is 10.4 Å². The summed E-state index contributed by atoms with van der Waals surface area (Å²) in [4.78, 5) is 31.8. The van der Waals surface area contributed by atoms with Crippen molar-refractivity contribution in [2.75, 3.05) is 25.5 Å². The molecule has 6 heteroatoms. The van der Waals surface area contributed by atoms with Crippen LogP contribution in [0.5, 0.6) is 0 Å². The van der Waals surface area contributed by atoms with Crippen LogP contribution < -0.4 is 10.3 Å². The molecule has 1 N–H and O–H groups in total. The lowest BCUT2D eigenvalue weighted by molar-refractivity contribution is 0.0697. The van der Waals surface area contributed by atoms with E-state index in [1.807, 2.05) is 83.1 Å². The summed E-state index contributed by atoms with van der Waals surface area (Å²) >= 11 is 0. The molecular weight excluding hydrogens is 440 g/mol. The largest absolute Gasteiger partial charge is 0.478 e. The lowest BCUT2D eigenvalue weighted by atomic mass is 9.84. The highest BCUT2D eigenvalue weighted by atomic mass is 16.4. The zero-order valence-corrected chi connectivity index (χ0v) is 21.0. The number of rotatable bonds is 5. The van der Waals surface area contributed by atoms with E-state index in [0.717, 1.165) is 27.6 Å². The molecule has 0 unspecified atom stereocenters. The molecule has 180 valence electrons. The third-order valence-corrected chi connectivity index (χ3v) is 6.01. The molecule has 0 radical (unpaired) electrons. The molecule has 0 amide bonds. The van der Waals surface area contributed by atoms with Crippen LogP contribution in [-0.2, 0) is 0 Å². The summed E-state index contributed by atoms with van der Waals surface area (Å²) in [5.74, 6) is -0.580. The van der Waals surface area contributed by atoms with Crippen LogP contribution in [0.25, 0.3) is 33.4 Å². The number of anilines is 1. The molecule has 0 bridgehead atoms. The van der Waals surface area contributed by atoms with E-state index in [2.05, 4.69) is 4.99 Å². The molecule has 1 aliphatic carbocycles. The number of aromatic carboxylic acids is 1. The Balaban J connectivity index is 2.09. The van der Waals surface area contributed by atoms with Gasteiger partial charge in [0.25, 0.3) is 0 Å². The maximum Gasteiger partial charge on any atom is 0.336 e. The van der Waals surface area contributed by atoms with Crippen molar-refractivity contribution in [3.05, 3.63) is 71.1 Å². The van der Waals surface area contributed by atoms with Crippen molar-refractivity contribution in [1.82, 2.24) is 0 Å².